The highest BCUT2D eigenvalue weighted by molar-refractivity contribution is 6.14. The van der Waals surface area contributed by atoms with Crippen LogP contribution in [0.25, 0.3) is 21.8 Å². The van der Waals surface area contributed by atoms with Gasteiger partial charge in [-0.1, -0.05) is 18.2 Å². The van der Waals surface area contributed by atoms with Crippen molar-refractivity contribution in [3.8, 4) is 0 Å². The minimum absolute atomic E-state index is 0.322. The average molecular weight is 340 g/mol. The van der Waals surface area contributed by atoms with E-state index in [0.29, 0.717) is 23.2 Å². The maximum atomic E-state index is 15.1. The number of nitrogens with zero attached hydrogens (tertiary/aromatic N) is 1. The first-order valence-electron chi connectivity index (χ1n) is 8.78. The fraction of sp³-hybridized carbons (Fsp3) is 0.368. The van der Waals surface area contributed by atoms with E-state index < -0.39 is 6.23 Å². The topological polar surface area (TPSA) is 77.3 Å². The molecule has 3 heterocycles. The maximum Gasteiger partial charge on any atom is 0.147 e. The molecule has 2 aliphatic rings. The molecular weight excluding hydrogens is 319 g/mol. The second-order valence-electron chi connectivity index (χ2n) is 7.18. The summed E-state index contributed by atoms with van der Waals surface area (Å²) in [7, 11) is 0. The molecule has 2 aromatic carbocycles. The number of halogens is 1. The van der Waals surface area contributed by atoms with Crippen LogP contribution in [0.2, 0.25) is 0 Å². The third-order valence-corrected chi connectivity index (χ3v) is 5.74. The van der Waals surface area contributed by atoms with Crippen LogP contribution in [-0.4, -0.2) is 35.8 Å². The number of para-hydroxylation sites is 1. The molecule has 3 unspecified atom stereocenters. The van der Waals surface area contributed by atoms with Crippen molar-refractivity contribution >= 4 is 27.5 Å². The minimum atomic E-state index is -1.22. The molecule has 1 aromatic heterocycles. The number of hydrogen-bond acceptors (Lipinski definition) is 4. The number of anilines is 1. The van der Waals surface area contributed by atoms with Crippen LogP contribution in [0.15, 0.2) is 30.3 Å². The summed E-state index contributed by atoms with van der Waals surface area (Å²) in [4.78, 5) is 5.47. The van der Waals surface area contributed by atoms with Crippen molar-refractivity contribution in [3.63, 3.8) is 0 Å². The molecule has 3 aromatic rings. The number of fused-ring (bicyclic) bond motifs is 4. The molecule has 0 spiro atoms. The number of aromatic amines is 1. The van der Waals surface area contributed by atoms with Gasteiger partial charge in [-0.25, -0.2) is 4.39 Å². The molecule has 0 radical (unpaired) electrons. The summed E-state index contributed by atoms with van der Waals surface area (Å²) in [5.74, 6) is 0.246. The third-order valence-electron chi connectivity index (χ3n) is 5.74. The second-order valence-corrected chi connectivity index (χ2v) is 7.18. The normalized spacial score (nSPS) is 24.4. The zero-order chi connectivity index (χ0) is 17.1. The van der Waals surface area contributed by atoms with Crippen molar-refractivity contribution < 1.29 is 9.50 Å². The smallest absolute Gasteiger partial charge is 0.147 e. The number of benzene rings is 2. The van der Waals surface area contributed by atoms with Gasteiger partial charge in [-0.05, 0) is 31.0 Å². The SMILES string of the molecule is NC(O)c1cc(F)c(N2CC3CCNC3C2)c2c1[nH]c1ccccc12. The standard InChI is InChI=1S/C19H21FN4O/c20-13-7-12(19(21)25)17-16(11-3-1-2-4-14(11)23-17)18(13)24-8-10-5-6-22-15(10)9-24/h1-4,7,10,15,19,22-23,25H,5-6,8-9,21H2. The Bertz CT molecular complexity index is 955. The summed E-state index contributed by atoms with van der Waals surface area (Å²) in [5.41, 5.74) is 8.35. The first kappa shape index (κ1) is 15.1. The fourth-order valence-corrected chi connectivity index (χ4v) is 4.58. The van der Waals surface area contributed by atoms with Crippen molar-refractivity contribution in [1.82, 2.24) is 10.3 Å². The van der Waals surface area contributed by atoms with Gasteiger partial charge in [0.2, 0.25) is 0 Å². The van der Waals surface area contributed by atoms with Gasteiger partial charge in [0.05, 0.1) is 11.2 Å². The summed E-state index contributed by atoms with van der Waals surface area (Å²) >= 11 is 0. The van der Waals surface area contributed by atoms with Crippen LogP contribution in [0, 0.1) is 11.7 Å². The zero-order valence-corrected chi connectivity index (χ0v) is 13.8. The molecule has 2 aliphatic heterocycles. The summed E-state index contributed by atoms with van der Waals surface area (Å²) < 4.78 is 15.1. The number of H-pyrrole nitrogens is 1. The predicted octanol–water partition coefficient (Wildman–Crippen LogP) is 2.21. The lowest BCUT2D eigenvalue weighted by Crippen LogP contribution is -2.30. The van der Waals surface area contributed by atoms with Crippen molar-refractivity contribution in [2.45, 2.75) is 18.7 Å². The molecule has 6 heteroatoms. The summed E-state index contributed by atoms with van der Waals surface area (Å²) in [6, 6.07) is 9.64. The molecule has 5 N–H and O–H groups in total. The van der Waals surface area contributed by atoms with E-state index in [2.05, 4.69) is 15.2 Å². The van der Waals surface area contributed by atoms with E-state index >= 15 is 4.39 Å². The van der Waals surface area contributed by atoms with Crippen LogP contribution in [-0.2, 0) is 0 Å². The monoisotopic (exact) mass is 340 g/mol. The van der Waals surface area contributed by atoms with Gasteiger partial charge in [0, 0.05) is 41.0 Å². The van der Waals surface area contributed by atoms with Gasteiger partial charge in [-0.15, -0.1) is 0 Å². The lowest BCUT2D eigenvalue weighted by atomic mass is 10.0. The number of hydrogen-bond donors (Lipinski definition) is 4. The fourth-order valence-electron chi connectivity index (χ4n) is 4.58. The van der Waals surface area contributed by atoms with Gasteiger partial charge in [-0.3, -0.25) is 0 Å². The van der Waals surface area contributed by atoms with Crippen LogP contribution in [0.4, 0.5) is 10.1 Å². The van der Waals surface area contributed by atoms with Gasteiger partial charge < -0.3 is 26.0 Å². The number of nitrogens with one attached hydrogen (secondary N) is 2. The van der Waals surface area contributed by atoms with Crippen molar-refractivity contribution in [2.75, 3.05) is 24.5 Å². The summed E-state index contributed by atoms with van der Waals surface area (Å²) in [5, 5.41) is 15.2. The van der Waals surface area contributed by atoms with Crippen molar-refractivity contribution in [3.05, 3.63) is 41.7 Å². The van der Waals surface area contributed by atoms with E-state index in [-0.39, 0.29) is 5.82 Å². The van der Waals surface area contributed by atoms with Gasteiger partial charge in [0.15, 0.2) is 0 Å². The quantitative estimate of drug-likeness (QED) is 0.540. The summed E-state index contributed by atoms with van der Waals surface area (Å²) in [6.45, 7) is 2.71. The second kappa shape index (κ2) is 5.42. The van der Waals surface area contributed by atoms with Crippen LogP contribution < -0.4 is 16.0 Å². The lowest BCUT2D eigenvalue weighted by Gasteiger charge is -2.23. The number of aromatic nitrogens is 1. The molecule has 25 heavy (non-hydrogen) atoms. The number of aliphatic hydroxyl groups excluding tert-OH is 1. The first-order valence-corrected chi connectivity index (χ1v) is 8.78. The molecule has 2 saturated heterocycles. The Kier molecular flexibility index (Phi) is 3.28. The Morgan fingerprint density at radius 3 is 2.92 bits per heavy atom. The average Bonchev–Trinajstić information content (AvgIpc) is 3.26. The van der Waals surface area contributed by atoms with Crippen LogP contribution in [0.5, 0.6) is 0 Å². The molecule has 3 atom stereocenters. The Hall–Kier alpha value is -2.15. The highest BCUT2D eigenvalue weighted by Crippen LogP contribution is 2.41. The molecule has 5 rings (SSSR count). The van der Waals surface area contributed by atoms with Crippen LogP contribution in [0.1, 0.15) is 18.2 Å². The van der Waals surface area contributed by atoms with E-state index in [0.717, 1.165) is 47.9 Å². The number of aliphatic hydroxyl groups is 1. The molecule has 0 amide bonds. The maximum absolute atomic E-state index is 15.1. The van der Waals surface area contributed by atoms with Gasteiger partial charge in [0.25, 0.3) is 0 Å². The highest BCUT2D eigenvalue weighted by atomic mass is 19.1. The van der Waals surface area contributed by atoms with E-state index in [9.17, 15) is 5.11 Å². The minimum Gasteiger partial charge on any atom is -0.374 e. The highest BCUT2D eigenvalue weighted by Gasteiger charge is 2.38. The lowest BCUT2D eigenvalue weighted by molar-refractivity contribution is 0.187. The van der Waals surface area contributed by atoms with Gasteiger partial charge in [0.1, 0.15) is 12.0 Å². The van der Waals surface area contributed by atoms with E-state index in [4.69, 9.17) is 5.73 Å². The van der Waals surface area contributed by atoms with E-state index in [1.54, 1.807) is 0 Å². The Morgan fingerprint density at radius 1 is 1.28 bits per heavy atom. The van der Waals surface area contributed by atoms with Crippen LogP contribution in [0.3, 0.4) is 0 Å². The van der Waals surface area contributed by atoms with Crippen molar-refractivity contribution in [2.24, 2.45) is 11.7 Å². The third kappa shape index (κ3) is 2.18. The number of nitrogens with two attached hydrogens (primary N) is 1. The Balaban J connectivity index is 1.78. The molecule has 0 aliphatic carbocycles. The van der Waals surface area contributed by atoms with E-state index in [1.165, 1.54) is 6.07 Å². The zero-order valence-electron chi connectivity index (χ0n) is 13.8. The first-order chi connectivity index (χ1) is 12.1. The Morgan fingerprint density at radius 2 is 2.12 bits per heavy atom. The molecule has 130 valence electrons. The molecule has 0 saturated carbocycles. The van der Waals surface area contributed by atoms with Crippen LogP contribution >= 0.6 is 0 Å². The largest absolute Gasteiger partial charge is 0.374 e. The summed E-state index contributed by atoms with van der Waals surface area (Å²) in [6.07, 6.45) is -0.0851. The van der Waals surface area contributed by atoms with Gasteiger partial charge >= 0.3 is 0 Å². The molecular formula is C19H21FN4O. The Labute approximate surface area is 144 Å². The van der Waals surface area contributed by atoms with Crippen molar-refractivity contribution in [1.29, 1.82) is 0 Å². The molecule has 2 fully saturated rings. The van der Waals surface area contributed by atoms with E-state index in [1.807, 2.05) is 24.3 Å². The molecule has 5 nitrogen and oxygen atoms in total. The predicted molar refractivity (Wildman–Crippen MR) is 97.0 cm³/mol. The molecule has 0 bridgehead atoms. The van der Waals surface area contributed by atoms with Gasteiger partial charge in [-0.2, -0.15) is 0 Å². The number of rotatable bonds is 2.